The Kier molecular flexibility index (Phi) is 7.52. The Bertz CT molecular complexity index is 802. The first-order chi connectivity index (χ1) is 12.8. The number of anilines is 1. The lowest BCUT2D eigenvalue weighted by atomic mass is 10.2. The molecule has 1 unspecified atom stereocenters. The van der Waals surface area contributed by atoms with Crippen LogP contribution in [-0.4, -0.2) is 56.8 Å². The minimum Gasteiger partial charge on any atom is -0.462 e. The highest BCUT2D eigenvalue weighted by Gasteiger charge is 2.27. The van der Waals surface area contributed by atoms with Gasteiger partial charge in [0, 0.05) is 6.42 Å². The van der Waals surface area contributed by atoms with Crippen LogP contribution in [0, 0.1) is 0 Å². The summed E-state index contributed by atoms with van der Waals surface area (Å²) in [5, 5.41) is 6.62. The third-order valence-corrected chi connectivity index (χ3v) is 4.54. The van der Waals surface area contributed by atoms with Gasteiger partial charge < -0.3 is 15.2 Å². The Hall–Kier alpha value is -2.23. The van der Waals surface area contributed by atoms with Crippen LogP contribution in [0.4, 0.5) is 10.2 Å². The summed E-state index contributed by atoms with van der Waals surface area (Å²) >= 11 is 0. The van der Waals surface area contributed by atoms with Gasteiger partial charge in [-0.15, -0.1) is 0 Å². The number of rotatable bonds is 10. The predicted octanol–water partition coefficient (Wildman–Crippen LogP) is 1.23. The van der Waals surface area contributed by atoms with E-state index in [-0.39, 0.29) is 24.7 Å². The van der Waals surface area contributed by atoms with E-state index in [1.807, 2.05) is 0 Å². The Morgan fingerprint density at radius 3 is 2.81 bits per heavy atom. The molecule has 2 aromatic heterocycles. The molecule has 3 atom stereocenters. The molecular formula is C15H23FN6O4P+. The zero-order chi connectivity index (χ0) is 20.0. The van der Waals surface area contributed by atoms with Crippen LogP contribution in [-0.2, 0) is 25.3 Å². The SMILES string of the molecule is CC(C)OC(=O)[C@H](C)N[P+](=O)CO[C@@H](CF)Cc1cnc2c(N)ncnn12. The second-order valence-corrected chi connectivity index (χ2v) is 7.39. The molecule has 0 radical (unpaired) electrons. The number of carbonyl (C=O) groups is 1. The van der Waals surface area contributed by atoms with Crippen molar-refractivity contribution >= 4 is 25.4 Å². The first kappa shape index (κ1) is 21.1. The van der Waals surface area contributed by atoms with Crippen LogP contribution < -0.4 is 10.8 Å². The largest absolute Gasteiger partial charge is 0.462 e. The lowest BCUT2D eigenvalue weighted by Crippen LogP contribution is -2.33. The quantitative estimate of drug-likeness (QED) is 0.445. The molecule has 3 N–H and O–H groups in total. The molecule has 148 valence electrons. The maximum absolute atomic E-state index is 13.3. The number of nitrogen functional groups attached to an aromatic ring is 1. The van der Waals surface area contributed by atoms with Gasteiger partial charge in [-0.2, -0.15) is 5.10 Å². The van der Waals surface area contributed by atoms with Gasteiger partial charge in [0.15, 0.2) is 11.5 Å². The fraction of sp³-hybridized carbons (Fsp3) is 0.600. The van der Waals surface area contributed by atoms with Crippen LogP contribution in [0.2, 0.25) is 0 Å². The van der Waals surface area contributed by atoms with Gasteiger partial charge >= 0.3 is 13.9 Å². The number of hydrogen-bond acceptors (Lipinski definition) is 8. The lowest BCUT2D eigenvalue weighted by molar-refractivity contribution is -0.148. The number of ether oxygens (including phenoxy) is 2. The second kappa shape index (κ2) is 9.63. The zero-order valence-corrected chi connectivity index (χ0v) is 16.2. The van der Waals surface area contributed by atoms with E-state index in [0.717, 1.165) is 0 Å². The maximum Gasteiger partial charge on any atom is 0.461 e. The highest BCUT2D eigenvalue weighted by atomic mass is 31.1. The highest BCUT2D eigenvalue weighted by Crippen LogP contribution is 2.19. The molecule has 0 saturated heterocycles. The summed E-state index contributed by atoms with van der Waals surface area (Å²) in [6.07, 6.45) is 1.57. The molecular weight excluding hydrogens is 378 g/mol. The average Bonchev–Trinajstić information content (AvgIpc) is 3.02. The van der Waals surface area contributed by atoms with E-state index in [1.54, 1.807) is 13.8 Å². The molecule has 0 saturated carbocycles. The van der Waals surface area contributed by atoms with E-state index < -0.39 is 32.7 Å². The number of halogens is 1. The number of hydrogen-bond donors (Lipinski definition) is 2. The smallest absolute Gasteiger partial charge is 0.461 e. The minimum atomic E-state index is -2.08. The number of nitrogens with one attached hydrogen (secondary N) is 1. The summed E-state index contributed by atoms with van der Waals surface area (Å²) in [4.78, 5) is 19.6. The van der Waals surface area contributed by atoms with E-state index in [9.17, 15) is 13.8 Å². The van der Waals surface area contributed by atoms with E-state index >= 15 is 0 Å². The number of carbonyl (C=O) groups excluding carboxylic acids is 1. The molecule has 12 heteroatoms. The Balaban J connectivity index is 1.88. The number of imidazole rings is 1. The third kappa shape index (κ3) is 5.88. The molecule has 0 amide bonds. The predicted molar refractivity (Wildman–Crippen MR) is 96.0 cm³/mol. The van der Waals surface area contributed by atoms with Crippen LogP contribution in [0.1, 0.15) is 26.5 Å². The zero-order valence-electron chi connectivity index (χ0n) is 15.3. The van der Waals surface area contributed by atoms with E-state index in [4.69, 9.17) is 15.2 Å². The van der Waals surface area contributed by atoms with Gasteiger partial charge in [0.25, 0.3) is 6.35 Å². The number of nitrogens with two attached hydrogens (primary N) is 1. The molecule has 2 rings (SSSR count). The van der Waals surface area contributed by atoms with E-state index in [0.29, 0.717) is 11.3 Å². The maximum atomic E-state index is 13.3. The fourth-order valence-electron chi connectivity index (χ4n) is 2.23. The normalized spacial score (nSPS) is 14.3. The second-order valence-electron chi connectivity index (χ2n) is 6.12. The van der Waals surface area contributed by atoms with Gasteiger partial charge in [0.1, 0.15) is 19.0 Å². The van der Waals surface area contributed by atoms with Crippen molar-refractivity contribution in [2.24, 2.45) is 0 Å². The molecule has 2 aromatic rings. The standard InChI is InChI=1S/C15H23FN6O4P/c1-9(2)26-15(23)10(3)21-27(24)8-25-12(5-16)4-11-6-18-14-13(17)19-7-20-22(11)14/h6-7,9-10,12H,4-5,8H2,1-3H3,(H,21,24)(H2,17,19,20)/q+1/t10-,12+/m0/s1. The summed E-state index contributed by atoms with van der Waals surface area (Å²) < 4.78 is 37.2. The highest BCUT2D eigenvalue weighted by molar-refractivity contribution is 7.42. The number of esters is 1. The molecule has 10 nitrogen and oxygen atoms in total. The number of aromatic nitrogens is 4. The summed E-state index contributed by atoms with van der Waals surface area (Å²) in [6.45, 7) is 4.19. The summed E-state index contributed by atoms with van der Waals surface area (Å²) in [5.74, 6) is -0.304. The molecule has 0 bridgehead atoms. The van der Waals surface area contributed by atoms with Crippen molar-refractivity contribution in [2.45, 2.75) is 45.4 Å². The van der Waals surface area contributed by atoms with Crippen LogP contribution in [0.3, 0.4) is 0 Å². The molecule has 0 spiro atoms. The van der Waals surface area contributed by atoms with Gasteiger partial charge in [-0.25, -0.2) is 18.9 Å². The van der Waals surface area contributed by atoms with Crippen LogP contribution >= 0.6 is 7.95 Å². The van der Waals surface area contributed by atoms with E-state index in [2.05, 4.69) is 20.2 Å². The van der Waals surface area contributed by atoms with Crippen molar-refractivity contribution in [3.05, 3.63) is 18.2 Å². The Morgan fingerprint density at radius 2 is 2.15 bits per heavy atom. The van der Waals surface area contributed by atoms with Crippen molar-refractivity contribution < 1.29 is 23.2 Å². The topological polar surface area (TPSA) is 134 Å². The van der Waals surface area contributed by atoms with Gasteiger partial charge in [-0.3, -0.25) is 4.79 Å². The van der Waals surface area contributed by atoms with Gasteiger partial charge in [-0.1, -0.05) is 5.09 Å². The van der Waals surface area contributed by atoms with E-state index in [1.165, 1.54) is 24.0 Å². The lowest BCUT2D eigenvalue weighted by Gasteiger charge is -2.12. The monoisotopic (exact) mass is 401 g/mol. The van der Waals surface area contributed by atoms with Crippen molar-refractivity contribution in [1.82, 2.24) is 24.7 Å². The molecule has 2 heterocycles. The first-order valence-electron chi connectivity index (χ1n) is 8.33. The minimum absolute atomic E-state index is 0.155. The molecule has 0 aliphatic rings. The fourth-order valence-corrected chi connectivity index (χ4v) is 3.18. The molecule has 0 aliphatic carbocycles. The molecule has 0 fully saturated rings. The van der Waals surface area contributed by atoms with Crippen molar-refractivity contribution in [2.75, 3.05) is 18.8 Å². The average molecular weight is 401 g/mol. The summed E-state index contributed by atoms with van der Waals surface area (Å²) in [5.41, 5.74) is 6.66. The third-order valence-electron chi connectivity index (χ3n) is 3.48. The molecule has 0 aliphatic heterocycles. The molecule has 0 aromatic carbocycles. The first-order valence-corrected chi connectivity index (χ1v) is 9.78. The summed E-state index contributed by atoms with van der Waals surface area (Å²) in [6, 6.07) is -0.762. The Morgan fingerprint density at radius 1 is 1.41 bits per heavy atom. The van der Waals surface area contributed by atoms with Crippen molar-refractivity contribution in [1.29, 1.82) is 0 Å². The Labute approximate surface area is 156 Å². The van der Waals surface area contributed by atoms with Gasteiger partial charge in [0.2, 0.25) is 0 Å². The van der Waals surface area contributed by atoms with Crippen LogP contribution in [0.25, 0.3) is 5.65 Å². The van der Waals surface area contributed by atoms with Crippen molar-refractivity contribution in [3.8, 4) is 0 Å². The van der Waals surface area contributed by atoms with Gasteiger partial charge in [-0.05, 0) is 25.3 Å². The molecule has 27 heavy (non-hydrogen) atoms. The number of fused-ring (bicyclic) bond motifs is 1. The van der Waals surface area contributed by atoms with Crippen LogP contribution in [0.5, 0.6) is 0 Å². The van der Waals surface area contributed by atoms with Gasteiger partial charge in [0.05, 0.1) is 24.1 Å². The van der Waals surface area contributed by atoms with Crippen LogP contribution in [0.15, 0.2) is 12.5 Å². The number of nitrogens with zero attached hydrogens (tertiary/aromatic N) is 4. The summed E-state index contributed by atoms with van der Waals surface area (Å²) in [7, 11) is -2.08. The number of alkyl halides is 1. The van der Waals surface area contributed by atoms with Crippen molar-refractivity contribution in [3.63, 3.8) is 0 Å².